The van der Waals surface area contributed by atoms with Crippen molar-refractivity contribution in [2.24, 2.45) is 0 Å². The van der Waals surface area contributed by atoms with Crippen molar-refractivity contribution in [1.29, 1.82) is 0 Å². The summed E-state index contributed by atoms with van der Waals surface area (Å²) in [6, 6.07) is 9.39. The Kier molecular flexibility index (Phi) is 4.27. The minimum absolute atomic E-state index is 0.323. The zero-order valence-electron chi connectivity index (χ0n) is 9.98. The summed E-state index contributed by atoms with van der Waals surface area (Å²) >= 11 is 0. The number of aliphatic hydroxyl groups is 2. The van der Waals surface area contributed by atoms with Gasteiger partial charge in [-0.05, 0) is 25.8 Å². The molecule has 1 aromatic rings. The molecule has 0 spiro atoms. The van der Waals surface area contributed by atoms with Crippen molar-refractivity contribution in [3.8, 4) is 0 Å². The fraction of sp³-hybridized carbons (Fsp3) is 0.429. The van der Waals surface area contributed by atoms with Crippen molar-refractivity contribution in [3.63, 3.8) is 0 Å². The largest absolute Gasteiger partial charge is 0.390 e. The van der Waals surface area contributed by atoms with Crippen molar-refractivity contribution < 1.29 is 10.2 Å². The lowest BCUT2D eigenvalue weighted by Gasteiger charge is -2.26. The lowest BCUT2D eigenvalue weighted by atomic mass is 9.89. The van der Waals surface area contributed by atoms with E-state index in [2.05, 4.69) is 6.58 Å². The molecule has 0 aliphatic carbocycles. The van der Waals surface area contributed by atoms with E-state index in [1.807, 2.05) is 37.3 Å². The van der Waals surface area contributed by atoms with Crippen LogP contribution in [0.5, 0.6) is 0 Å². The summed E-state index contributed by atoms with van der Waals surface area (Å²) in [5.41, 5.74) is 0.857. The highest BCUT2D eigenvalue weighted by molar-refractivity contribution is 5.17. The van der Waals surface area contributed by atoms with Gasteiger partial charge in [-0.15, -0.1) is 6.58 Å². The third kappa shape index (κ3) is 4.17. The monoisotopic (exact) mass is 220 g/mol. The average molecular weight is 220 g/mol. The Bertz CT molecular complexity index is 341. The van der Waals surface area contributed by atoms with Gasteiger partial charge in [0.15, 0.2) is 0 Å². The minimum Gasteiger partial charge on any atom is -0.390 e. The van der Waals surface area contributed by atoms with Crippen LogP contribution in [-0.2, 0) is 0 Å². The molecule has 2 nitrogen and oxygen atoms in total. The lowest BCUT2D eigenvalue weighted by molar-refractivity contribution is 0.00365. The normalized spacial score (nSPS) is 16.5. The standard InChI is InChI=1S/C14H20O2/c1-11(2)9-14(3,16)10-13(15)12-7-5-4-6-8-12/h4-8,13,15-16H,1,9-10H2,2-3H3/t13-,14+/m0/s1. The molecule has 0 saturated heterocycles. The van der Waals surface area contributed by atoms with Crippen LogP contribution in [0.15, 0.2) is 42.5 Å². The van der Waals surface area contributed by atoms with Crippen LogP contribution in [0.3, 0.4) is 0 Å². The summed E-state index contributed by atoms with van der Waals surface area (Å²) in [6.45, 7) is 7.39. The summed E-state index contributed by atoms with van der Waals surface area (Å²) < 4.78 is 0. The van der Waals surface area contributed by atoms with Gasteiger partial charge in [-0.25, -0.2) is 0 Å². The Morgan fingerprint density at radius 1 is 1.38 bits per heavy atom. The molecule has 0 aliphatic rings. The summed E-state index contributed by atoms with van der Waals surface area (Å²) in [7, 11) is 0. The van der Waals surface area contributed by atoms with Gasteiger partial charge < -0.3 is 10.2 Å². The van der Waals surface area contributed by atoms with E-state index in [9.17, 15) is 10.2 Å². The van der Waals surface area contributed by atoms with E-state index in [0.29, 0.717) is 12.8 Å². The number of hydrogen-bond acceptors (Lipinski definition) is 2. The molecule has 0 fully saturated rings. The molecule has 0 saturated carbocycles. The highest BCUT2D eigenvalue weighted by atomic mass is 16.3. The fourth-order valence-electron chi connectivity index (χ4n) is 1.93. The first-order valence-corrected chi connectivity index (χ1v) is 5.50. The van der Waals surface area contributed by atoms with Crippen molar-refractivity contribution in [3.05, 3.63) is 48.0 Å². The van der Waals surface area contributed by atoms with Gasteiger partial charge in [-0.3, -0.25) is 0 Å². The van der Waals surface area contributed by atoms with E-state index in [1.54, 1.807) is 6.92 Å². The molecule has 0 bridgehead atoms. The lowest BCUT2D eigenvalue weighted by Crippen LogP contribution is -2.27. The third-order valence-electron chi connectivity index (χ3n) is 2.50. The fourth-order valence-corrected chi connectivity index (χ4v) is 1.93. The molecule has 0 heterocycles. The van der Waals surface area contributed by atoms with E-state index in [1.165, 1.54) is 0 Å². The molecular formula is C14H20O2. The highest BCUT2D eigenvalue weighted by Crippen LogP contribution is 2.27. The molecule has 1 aromatic carbocycles. The molecule has 88 valence electrons. The minimum atomic E-state index is -0.902. The SMILES string of the molecule is C=C(C)C[C@@](C)(O)C[C@H](O)c1ccccc1. The Morgan fingerprint density at radius 3 is 2.44 bits per heavy atom. The number of hydrogen-bond donors (Lipinski definition) is 2. The molecule has 0 aromatic heterocycles. The van der Waals surface area contributed by atoms with E-state index < -0.39 is 11.7 Å². The van der Waals surface area contributed by atoms with E-state index >= 15 is 0 Å². The second-order valence-electron chi connectivity index (χ2n) is 4.76. The van der Waals surface area contributed by atoms with Gasteiger partial charge in [-0.2, -0.15) is 0 Å². The maximum atomic E-state index is 10.1. The van der Waals surface area contributed by atoms with Crippen LogP contribution in [-0.4, -0.2) is 15.8 Å². The quantitative estimate of drug-likeness (QED) is 0.749. The first-order valence-electron chi connectivity index (χ1n) is 5.50. The van der Waals surface area contributed by atoms with Crippen molar-refractivity contribution in [2.75, 3.05) is 0 Å². The van der Waals surface area contributed by atoms with Crippen LogP contribution in [0.2, 0.25) is 0 Å². The molecule has 2 heteroatoms. The number of aliphatic hydroxyl groups excluding tert-OH is 1. The summed E-state index contributed by atoms with van der Waals surface area (Å²) in [6.07, 6.45) is 0.205. The Balaban J connectivity index is 2.64. The first-order chi connectivity index (χ1) is 7.41. The first kappa shape index (κ1) is 12.9. The van der Waals surface area contributed by atoms with Gasteiger partial charge in [0, 0.05) is 6.42 Å². The summed E-state index contributed by atoms with van der Waals surface area (Å²) in [5.74, 6) is 0. The molecular weight excluding hydrogens is 200 g/mol. The zero-order valence-corrected chi connectivity index (χ0v) is 9.98. The number of rotatable bonds is 5. The molecule has 0 aliphatic heterocycles. The van der Waals surface area contributed by atoms with Gasteiger partial charge >= 0.3 is 0 Å². The van der Waals surface area contributed by atoms with E-state index in [-0.39, 0.29) is 0 Å². The van der Waals surface area contributed by atoms with Crippen molar-refractivity contribution in [2.45, 2.75) is 38.4 Å². The maximum Gasteiger partial charge on any atom is 0.0817 e. The second kappa shape index (κ2) is 5.28. The Labute approximate surface area is 97.2 Å². The van der Waals surface area contributed by atoms with Gasteiger partial charge in [0.25, 0.3) is 0 Å². The van der Waals surface area contributed by atoms with Crippen LogP contribution in [0.1, 0.15) is 38.4 Å². The van der Waals surface area contributed by atoms with E-state index in [4.69, 9.17) is 0 Å². The molecule has 2 N–H and O–H groups in total. The van der Waals surface area contributed by atoms with Gasteiger partial charge in [0.1, 0.15) is 0 Å². The Hall–Kier alpha value is -1.12. The second-order valence-corrected chi connectivity index (χ2v) is 4.76. The number of benzene rings is 1. The molecule has 1 rings (SSSR count). The topological polar surface area (TPSA) is 40.5 Å². The van der Waals surface area contributed by atoms with Crippen LogP contribution >= 0.6 is 0 Å². The van der Waals surface area contributed by atoms with Crippen LogP contribution in [0.25, 0.3) is 0 Å². The zero-order chi connectivity index (χ0) is 12.2. The van der Waals surface area contributed by atoms with Crippen LogP contribution < -0.4 is 0 Å². The third-order valence-corrected chi connectivity index (χ3v) is 2.50. The van der Waals surface area contributed by atoms with E-state index in [0.717, 1.165) is 11.1 Å². The highest BCUT2D eigenvalue weighted by Gasteiger charge is 2.25. The van der Waals surface area contributed by atoms with Gasteiger partial charge in [-0.1, -0.05) is 35.9 Å². The van der Waals surface area contributed by atoms with Gasteiger partial charge in [0.2, 0.25) is 0 Å². The van der Waals surface area contributed by atoms with Crippen molar-refractivity contribution in [1.82, 2.24) is 0 Å². The predicted molar refractivity (Wildman–Crippen MR) is 66.1 cm³/mol. The Morgan fingerprint density at radius 2 is 1.94 bits per heavy atom. The predicted octanol–water partition coefficient (Wildman–Crippen LogP) is 2.83. The van der Waals surface area contributed by atoms with Crippen LogP contribution in [0.4, 0.5) is 0 Å². The molecule has 0 unspecified atom stereocenters. The summed E-state index contributed by atoms with van der Waals surface area (Å²) in [4.78, 5) is 0. The average Bonchev–Trinajstić information content (AvgIpc) is 2.16. The summed E-state index contributed by atoms with van der Waals surface area (Å²) in [5, 5.41) is 20.1. The van der Waals surface area contributed by atoms with Gasteiger partial charge in [0.05, 0.1) is 11.7 Å². The molecule has 2 atom stereocenters. The van der Waals surface area contributed by atoms with Crippen molar-refractivity contribution >= 4 is 0 Å². The molecule has 16 heavy (non-hydrogen) atoms. The molecule has 0 amide bonds. The maximum absolute atomic E-state index is 10.1. The van der Waals surface area contributed by atoms with Crippen LogP contribution in [0, 0.1) is 0 Å². The molecule has 0 radical (unpaired) electrons. The smallest absolute Gasteiger partial charge is 0.0817 e.